The molecule has 0 heteroatoms. The predicted molar refractivity (Wildman–Crippen MR) is 104 cm³/mol. The summed E-state index contributed by atoms with van der Waals surface area (Å²) in [6.07, 6.45) is 28.5. The van der Waals surface area contributed by atoms with Gasteiger partial charge in [0.15, 0.2) is 0 Å². The van der Waals surface area contributed by atoms with E-state index in [1.165, 1.54) is 83.5 Å². The van der Waals surface area contributed by atoms with Gasteiger partial charge in [0.1, 0.15) is 0 Å². The summed E-state index contributed by atoms with van der Waals surface area (Å²) < 4.78 is 0. The van der Waals surface area contributed by atoms with E-state index < -0.39 is 0 Å². The smallest absolute Gasteiger partial charge is 0.0139 e. The van der Waals surface area contributed by atoms with Crippen LogP contribution in [-0.4, -0.2) is 0 Å². The second-order valence-corrected chi connectivity index (χ2v) is 8.04. The molecule has 0 amide bonds. The number of allylic oxidation sites excluding steroid dienone is 4. The van der Waals surface area contributed by atoms with Gasteiger partial charge in [-0.25, -0.2) is 0 Å². The van der Waals surface area contributed by atoms with E-state index in [4.69, 9.17) is 0 Å². The van der Waals surface area contributed by atoms with Crippen LogP contribution in [0.2, 0.25) is 0 Å². The van der Waals surface area contributed by atoms with Gasteiger partial charge in [-0.15, -0.1) is 0 Å². The maximum atomic E-state index is 2.61. The molecule has 0 nitrogen and oxygen atoms in total. The summed E-state index contributed by atoms with van der Waals surface area (Å²) in [5.41, 5.74) is 0. The molecule has 2 fully saturated rings. The third-order valence-corrected chi connectivity index (χ3v) is 6.21. The summed E-state index contributed by atoms with van der Waals surface area (Å²) in [6.45, 7) is 4.59. The second-order valence-electron chi connectivity index (χ2n) is 8.04. The lowest BCUT2D eigenvalue weighted by atomic mass is 9.78. The molecule has 0 aromatic rings. The molecule has 2 aliphatic rings. The second kappa shape index (κ2) is 11.1. The van der Waals surface area contributed by atoms with Crippen LogP contribution in [0, 0.1) is 23.7 Å². The zero-order chi connectivity index (χ0) is 16.3. The molecule has 2 bridgehead atoms. The Morgan fingerprint density at radius 3 is 1.57 bits per heavy atom. The normalized spacial score (nSPS) is 30.2. The molecule has 0 heterocycles. The highest BCUT2D eigenvalue weighted by Crippen LogP contribution is 2.53. The van der Waals surface area contributed by atoms with Crippen LogP contribution in [0.4, 0.5) is 0 Å². The van der Waals surface area contributed by atoms with Crippen molar-refractivity contribution in [2.75, 3.05) is 0 Å². The summed E-state index contributed by atoms with van der Waals surface area (Å²) >= 11 is 0. The fourth-order valence-electron chi connectivity index (χ4n) is 4.84. The van der Waals surface area contributed by atoms with Gasteiger partial charge in [0.2, 0.25) is 0 Å². The number of unbranched alkanes of at least 4 members (excludes halogenated alkanes) is 8. The molecule has 4 atom stereocenters. The van der Waals surface area contributed by atoms with Crippen LogP contribution in [0.3, 0.4) is 0 Å². The Labute approximate surface area is 145 Å². The van der Waals surface area contributed by atoms with Crippen LogP contribution < -0.4 is 0 Å². The van der Waals surface area contributed by atoms with E-state index in [1.54, 1.807) is 0 Å². The van der Waals surface area contributed by atoms with Gasteiger partial charge in [-0.05, 0) is 68.6 Å². The van der Waals surface area contributed by atoms with Crippen LogP contribution in [0.5, 0.6) is 0 Å². The molecular weight excluding hydrogens is 276 g/mol. The van der Waals surface area contributed by atoms with Crippen molar-refractivity contribution in [3.63, 3.8) is 0 Å². The number of hydrogen-bond acceptors (Lipinski definition) is 0. The fraction of sp³-hybridized carbons (Fsp3) is 0.826. The summed E-state index contributed by atoms with van der Waals surface area (Å²) in [4.78, 5) is 0. The minimum atomic E-state index is 0.867. The lowest BCUT2D eigenvalue weighted by Gasteiger charge is -2.26. The molecule has 2 saturated carbocycles. The van der Waals surface area contributed by atoms with E-state index >= 15 is 0 Å². The molecule has 0 saturated heterocycles. The Morgan fingerprint density at radius 1 is 0.652 bits per heavy atom. The summed E-state index contributed by atoms with van der Waals surface area (Å²) in [6, 6.07) is 0. The largest absolute Gasteiger partial charge is 0.0882 e. The molecule has 23 heavy (non-hydrogen) atoms. The Hall–Kier alpha value is -0.520. The van der Waals surface area contributed by atoms with E-state index in [1.807, 2.05) is 0 Å². The van der Waals surface area contributed by atoms with E-state index in [0.29, 0.717) is 0 Å². The van der Waals surface area contributed by atoms with Crippen LogP contribution >= 0.6 is 0 Å². The van der Waals surface area contributed by atoms with Crippen LogP contribution in [0.15, 0.2) is 24.3 Å². The van der Waals surface area contributed by atoms with Crippen molar-refractivity contribution in [1.29, 1.82) is 0 Å². The first-order valence-electron chi connectivity index (χ1n) is 10.7. The Bertz CT molecular complexity index is 317. The average molecular weight is 317 g/mol. The van der Waals surface area contributed by atoms with Gasteiger partial charge in [-0.2, -0.15) is 0 Å². The maximum Gasteiger partial charge on any atom is -0.0139 e. The van der Waals surface area contributed by atoms with Crippen molar-refractivity contribution in [3.05, 3.63) is 24.3 Å². The van der Waals surface area contributed by atoms with Crippen molar-refractivity contribution in [2.45, 2.75) is 97.3 Å². The Morgan fingerprint density at radius 2 is 1.13 bits per heavy atom. The lowest BCUT2D eigenvalue weighted by molar-refractivity contribution is 0.317. The molecule has 2 aliphatic carbocycles. The highest BCUT2D eigenvalue weighted by molar-refractivity contribution is 5.11. The molecule has 0 aromatic carbocycles. The van der Waals surface area contributed by atoms with Crippen molar-refractivity contribution in [2.24, 2.45) is 23.7 Å². The van der Waals surface area contributed by atoms with Gasteiger partial charge < -0.3 is 0 Å². The average Bonchev–Trinajstić information content (AvgIpc) is 3.16. The quantitative estimate of drug-likeness (QED) is 0.255. The summed E-state index contributed by atoms with van der Waals surface area (Å²) in [5, 5.41) is 0. The lowest BCUT2D eigenvalue weighted by Crippen LogP contribution is -2.18. The summed E-state index contributed by atoms with van der Waals surface area (Å²) in [5.74, 6) is 3.74. The van der Waals surface area contributed by atoms with E-state index in [2.05, 4.69) is 38.2 Å². The van der Waals surface area contributed by atoms with E-state index in [9.17, 15) is 0 Å². The molecular formula is C23H40. The molecule has 2 rings (SSSR count). The first-order valence-corrected chi connectivity index (χ1v) is 10.7. The number of hydrogen-bond donors (Lipinski definition) is 0. The molecule has 0 spiro atoms. The Kier molecular flexibility index (Phi) is 9.09. The number of rotatable bonds is 12. The third kappa shape index (κ3) is 6.12. The van der Waals surface area contributed by atoms with Gasteiger partial charge in [-0.1, -0.05) is 76.7 Å². The zero-order valence-corrected chi connectivity index (χ0v) is 15.8. The van der Waals surface area contributed by atoms with E-state index in [-0.39, 0.29) is 0 Å². The van der Waals surface area contributed by atoms with Gasteiger partial charge >= 0.3 is 0 Å². The van der Waals surface area contributed by atoms with Gasteiger partial charge in [-0.3, -0.25) is 0 Å². The van der Waals surface area contributed by atoms with Crippen molar-refractivity contribution in [3.8, 4) is 0 Å². The first-order chi connectivity index (χ1) is 11.4. The molecule has 0 radical (unpaired) electrons. The van der Waals surface area contributed by atoms with Gasteiger partial charge in [0.05, 0.1) is 0 Å². The zero-order valence-electron chi connectivity index (χ0n) is 15.8. The van der Waals surface area contributed by atoms with Gasteiger partial charge in [0, 0.05) is 0 Å². The Balaban J connectivity index is 1.73. The topological polar surface area (TPSA) is 0 Å². The minimum absolute atomic E-state index is 0.867. The highest BCUT2D eigenvalue weighted by Gasteiger charge is 2.44. The fourth-order valence-corrected chi connectivity index (χ4v) is 4.84. The summed E-state index contributed by atoms with van der Waals surface area (Å²) in [7, 11) is 0. The molecule has 0 unspecified atom stereocenters. The highest BCUT2D eigenvalue weighted by atomic mass is 14.5. The molecule has 132 valence electrons. The van der Waals surface area contributed by atoms with Crippen LogP contribution in [-0.2, 0) is 0 Å². The van der Waals surface area contributed by atoms with Crippen molar-refractivity contribution in [1.82, 2.24) is 0 Å². The van der Waals surface area contributed by atoms with Crippen molar-refractivity contribution >= 4 is 0 Å². The first kappa shape index (κ1) is 18.8. The number of fused-ring (bicyclic) bond motifs is 2. The maximum absolute atomic E-state index is 2.61. The standard InChI is InChI=1S/C23H40/c1-3-5-7-9-11-13-15-22-20-17-18-21(19-20)23(22)16-14-12-10-8-6-4-2/h13-16,20-23H,3-12,17-19H2,1-2H3/b15-13+,16-14+/t20-,21+,22+,23-. The van der Waals surface area contributed by atoms with Crippen LogP contribution in [0.25, 0.3) is 0 Å². The molecule has 0 N–H and O–H groups in total. The van der Waals surface area contributed by atoms with Crippen LogP contribution in [0.1, 0.15) is 97.3 Å². The minimum Gasteiger partial charge on any atom is -0.0882 e. The van der Waals surface area contributed by atoms with E-state index in [0.717, 1.165) is 23.7 Å². The molecule has 0 aromatic heterocycles. The predicted octanol–water partition coefficient (Wildman–Crippen LogP) is 7.70. The SMILES string of the molecule is CCCCCC/C=C/[C@@H]1[C@H]2CC[C@H](C2)[C@@H]1/C=C/CCCCCC. The van der Waals surface area contributed by atoms with Gasteiger partial charge in [0.25, 0.3) is 0 Å². The monoisotopic (exact) mass is 316 g/mol. The molecule has 0 aliphatic heterocycles. The third-order valence-electron chi connectivity index (χ3n) is 6.21. The van der Waals surface area contributed by atoms with Crippen molar-refractivity contribution < 1.29 is 0 Å².